The maximum Gasteiger partial charge on any atom is 0.164 e. The number of hydrogen-bond donors (Lipinski definition) is 1. The molecular formula is C22H29NO2. The van der Waals surface area contributed by atoms with Crippen LogP contribution >= 0.6 is 0 Å². The van der Waals surface area contributed by atoms with Crippen molar-refractivity contribution in [2.24, 2.45) is 0 Å². The maximum atomic E-state index is 12.5. The molecule has 0 aliphatic carbocycles. The first-order valence-corrected chi connectivity index (χ1v) is 9.03. The van der Waals surface area contributed by atoms with E-state index in [1.807, 2.05) is 51.1 Å². The van der Waals surface area contributed by atoms with Crippen molar-refractivity contribution in [3.8, 4) is 0 Å². The molecule has 0 saturated heterocycles. The first kappa shape index (κ1) is 19.4. The van der Waals surface area contributed by atoms with Gasteiger partial charge in [0.25, 0.3) is 0 Å². The molecule has 134 valence electrons. The van der Waals surface area contributed by atoms with Gasteiger partial charge in [0.2, 0.25) is 0 Å². The van der Waals surface area contributed by atoms with Gasteiger partial charge in [-0.25, -0.2) is 0 Å². The largest absolute Gasteiger partial charge is 0.372 e. The molecule has 3 nitrogen and oxygen atoms in total. The predicted molar refractivity (Wildman–Crippen MR) is 103 cm³/mol. The van der Waals surface area contributed by atoms with Gasteiger partial charge in [-0.1, -0.05) is 54.1 Å². The van der Waals surface area contributed by atoms with Crippen molar-refractivity contribution < 1.29 is 9.53 Å². The highest BCUT2D eigenvalue weighted by atomic mass is 16.5. The number of Topliss-reactive ketones (excluding diaryl/α,β-unsaturated/α-hetero) is 1. The number of ether oxygens (including phenoxy) is 1. The van der Waals surface area contributed by atoms with E-state index >= 15 is 0 Å². The van der Waals surface area contributed by atoms with Crippen molar-refractivity contribution in [3.63, 3.8) is 0 Å². The van der Waals surface area contributed by atoms with Crippen molar-refractivity contribution in [3.05, 3.63) is 70.8 Å². The Morgan fingerprint density at radius 2 is 1.84 bits per heavy atom. The van der Waals surface area contributed by atoms with E-state index in [1.165, 1.54) is 5.56 Å². The van der Waals surface area contributed by atoms with Crippen molar-refractivity contribution in [2.45, 2.75) is 46.3 Å². The molecule has 2 atom stereocenters. The Balaban J connectivity index is 1.92. The van der Waals surface area contributed by atoms with Gasteiger partial charge in [0, 0.05) is 31.2 Å². The van der Waals surface area contributed by atoms with Gasteiger partial charge in [-0.3, -0.25) is 4.79 Å². The molecule has 0 aromatic heterocycles. The Morgan fingerprint density at radius 1 is 1.12 bits per heavy atom. The molecule has 0 amide bonds. The van der Waals surface area contributed by atoms with Crippen LogP contribution in [0.3, 0.4) is 0 Å². The Kier molecular flexibility index (Phi) is 7.35. The molecule has 2 rings (SSSR count). The second-order valence-electron chi connectivity index (χ2n) is 6.52. The number of carbonyl (C=O) groups excluding carboxylic acids is 1. The van der Waals surface area contributed by atoms with Gasteiger partial charge >= 0.3 is 0 Å². The summed E-state index contributed by atoms with van der Waals surface area (Å²) in [5, 5.41) is 3.45. The fourth-order valence-electron chi connectivity index (χ4n) is 3.13. The Bertz CT molecular complexity index is 682. The lowest BCUT2D eigenvalue weighted by Crippen LogP contribution is -2.35. The quantitative estimate of drug-likeness (QED) is 0.677. The Labute approximate surface area is 151 Å². The second-order valence-corrected chi connectivity index (χ2v) is 6.52. The normalized spacial score (nSPS) is 13.4. The highest BCUT2D eigenvalue weighted by Gasteiger charge is 2.19. The topological polar surface area (TPSA) is 38.3 Å². The third-order valence-corrected chi connectivity index (χ3v) is 4.43. The zero-order valence-electron chi connectivity index (χ0n) is 15.7. The molecule has 2 aromatic carbocycles. The number of carbonyl (C=O) groups is 1. The lowest BCUT2D eigenvalue weighted by atomic mass is 10.00. The minimum absolute atomic E-state index is 0.0117. The zero-order valence-corrected chi connectivity index (χ0v) is 15.7. The van der Waals surface area contributed by atoms with Gasteiger partial charge in [-0.05, 0) is 38.8 Å². The van der Waals surface area contributed by atoms with Gasteiger partial charge in [-0.2, -0.15) is 0 Å². The molecule has 0 aliphatic heterocycles. The molecule has 0 saturated carbocycles. The fraction of sp³-hybridized carbons (Fsp3) is 0.409. The highest BCUT2D eigenvalue weighted by Crippen LogP contribution is 2.21. The molecular weight excluding hydrogens is 310 g/mol. The summed E-state index contributed by atoms with van der Waals surface area (Å²) in [7, 11) is 0. The van der Waals surface area contributed by atoms with Crippen LogP contribution in [0.2, 0.25) is 0 Å². The van der Waals surface area contributed by atoms with Crippen molar-refractivity contribution in [1.29, 1.82) is 0 Å². The molecule has 0 heterocycles. The van der Waals surface area contributed by atoms with Crippen LogP contribution in [0, 0.1) is 13.8 Å². The summed E-state index contributed by atoms with van der Waals surface area (Å²) >= 11 is 0. The van der Waals surface area contributed by atoms with E-state index < -0.39 is 0 Å². The van der Waals surface area contributed by atoms with Crippen LogP contribution < -0.4 is 5.32 Å². The molecule has 3 heteroatoms. The van der Waals surface area contributed by atoms with Crippen molar-refractivity contribution in [1.82, 2.24) is 5.32 Å². The summed E-state index contributed by atoms with van der Waals surface area (Å²) < 4.78 is 5.92. The first-order chi connectivity index (χ1) is 12.0. The molecule has 0 aliphatic rings. The summed E-state index contributed by atoms with van der Waals surface area (Å²) in [5.74, 6) is 0.185. The van der Waals surface area contributed by atoms with E-state index in [0.29, 0.717) is 19.6 Å². The fourth-order valence-corrected chi connectivity index (χ4v) is 3.13. The van der Waals surface area contributed by atoms with E-state index in [2.05, 4.69) is 30.4 Å². The summed E-state index contributed by atoms with van der Waals surface area (Å²) in [6, 6.07) is 16.3. The Hall–Kier alpha value is -1.97. The lowest BCUT2D eigenvalue weighted by Gasteiger charge is -2.25. The standard InChI is InChI=1S/C22H29NO2/c1-5-25-22(19-9-7-6-8-10-19)18(4)23-14-13-21(24)20-12-11-16(2)15-17(20)3/h6-12,15,18,22-23H,5,13-14H2,1-4H3. The smallest absolute Gasteiger partial charge is 0.164 e. The molecule has 0 radical (unpaired) electrons. The second kappa shape index (κ2) is 9.50. The van der Waals surface area contributed by atoms with Crippen LogP contribution in [-0.4, -0.2) is 25.0 Å². The minimum atomic E-state index is -0.0117. The third kappa shape index (κ3) is 5.52. The zero-order chi connectivity index (χ0) is 18.2. The molecule has 0 fully saturated rings. The SMILES string of the molecule is CCOC(c1ccccc1)C(C)NCCC(=O)c1ccc(C)cc1C. The van der Waals surface area contributed by atoms with Crippen LogP contribution in [0.4, 0.5) is 0 Å². The van der Waals surface area contributed by atoms with E-state index in [0.717, 1.165) is 16.7 Å². The van der Waals surface area contributed by atoms with Crippen molar-refractivity contribution in [2.75, 3.05) is 13.2 Å². The first-order valence-electron chi connectivity index (χ1n) is 9.03. The van der Waals surface area contributed by atoms with E-state index in [4.69, 9.17) is 4.74 Å². The molecule has 2 unspecified atom stereocenters. The predicted octanol–water partition coefficient (Wildman–Crippen LogP) is 4.63. The van der Waals surface area contributed by atoms with Crippen LogP contribution in [0.5, 0.6) is 0 Å². The molecule has 25 heavy (non-hydrogen) atoms. The molecule has 0 bridgehead atoms. The average Bonchev–Trinajstić information content (AvgIpc) is 2.60. The van der Waals surface area contributed by atoms with Crippen molar-refractivity contribution >= 4 is 5.78 Å². The monoisotopic (exact) mass is 339 g/mol. The number of ketones is 1. The van der Waals surface area contributed by atoms with Gasteiger partial charge in [0.05, 0.1) is 6.10 Å². The number of benzene rings is 2. The molecule has 2 aromatic rings. The number of rotatable bonds is 9. The van der Waals surface area contributed by atoms with Crippen LogP contribution in [0.15, 0.2) is 48.5 Å². The van der Waals surface area contributed by atoms with Gasteiger partial charge in [-0.15, -0.1) is 0 Å². The lowest BCUT2D eigenvalue weighted by molar-refractivity contribution is 0.0378. The summed E-state index contributed by atoms with van der Waals surface area (Å²) in [6.45, 7) is 9.46. The van der Waals surface area contributed by atoms with Crippen LogP contribution in [0.1, 0.15) is 53.4 Å². The summed E-state index contributed by atoms with van der Waals surface area (Å²) in [4.78, 5) is 12.5. The summed E-state index contributed by atoms with van der Waals surface area (Å²) in [6.07, 6.45) is 0.476. The van der Waals surface area contributed by atoms with Gasteiger partial charge < -0.3 is 10.1 Å². The van der Waals surface area contributed by atoms with E-state index in [1.54, 1.807) is 0 Å². The van der Waals surface area contributed by atoms with Gasteiger partial charge in [0.15, 0.2) is 5.78 Å². The molecule has 0 spiro atoms. The van der Waals surface area contributed by atoms with E-state index in [-0.39, 0.29) is 17.9 Å². The van der Waals surface area contributed by atoms with Gasteiger partial charge in [0.1, 0.15) is 0 Å². The Morgan fingerprint density at radius 3 is 2.48 bits per heavy atom. The maximum absolute atomic E-state index is 12.5. The van der Waals surface area contributed by atoms with Crippen LogP contribution in [0.25, 0.3) is 0 Å². The van der Waals surface area contributed by atoms with E-state index in [9.17, 15) is 4.79 Å². The highest BCUT2D eigenvalue weighted by molar-refractivity contribution is 5.97. The average molecular weight is 339 g/mol. The third-order valence-electron chi connectivity index (χ3n) is 4.43. The number of nitrogens with one attached hydrogen (secondary N) is 1. The summed E-state index contributed by atoms with van der Waals surface area (Å²) in [5.41, 5.74) is 4.22. The van der Waals surface area contributed by atoms with Crippen LogP contribution in [-0.2, 0) is 4.74 Å². The minimum Gasteiger partial charge on any atom is -0.372 e. The number of aryl methyl sites for hydroxylation is 2. The number of hydrogen-bond acceptors (Lipinski definition) is 3. The molecule has 1 N–H and O–H groups in total.